The Kier molecular flexibility index (Phi) is 4.16. The summed E-state index contributed by atoms with van der Waals surface area (Å²) in [5, 5.41) is 10.7. The summed E-state index contributed by atoms with van der Waals surface area (Å²) >= 11 is 1.44. The largest absolute Gasteiger partial charge is 0.369 e. The first-order chi connectivity index (χ1) is 13.7. The molecule has 1 saturated heterocycles. The van der Waals surface area contributed by atoms with Crippen molar-refractivity contribution in [2.24, 2.45) is 0 Å². The van der Waals surface area contributed by atoms with Gasteiger partial charge in [0, 0.05) is 6.54 Å². The van der Waals surface area contributed by atoms with Gasteiger partial charge in [0.15, 0.2) is 0 Å². The molecule has 2 aromatic heterocycles. The Bertz CT molecular complexity index is 1040. The van der Waals surface area contributed by atoms with Crippen LogP contribution < -0.4 is 5.69 Å². The predicted octanol–water partition coefficient (Wildman–Crippen LogP) is 2.21. The summed E-state index contributed by atoms with van der Waals surface area (Å²) in [5.74, 6) is 0.194. The lowest BCUT2D eigenvalue weighted by molar-refractivity contribution is -0.135. The SMILES string of the molecule is O=C(N1CCC[C@@H]1Cn1nnn(-c2cccs2)c1=O)C1(c2ccccc2)CC1. The van der Waals surface area contributed by atoms with Crippen LogP contribution in [-0.2, 0) is 16.8 Å². The molecule has 1 aliphatic heterocycles. The van der Waals surface area contributed by atoms with Crippen molar-refractivity contribution in [3.05, 3.63) is 63.9 Å². The number of aromatic nitrogens is 4. The van der Waals surface area contributed by atoms with Crippen molar-refractivity contribution in [2.45, 2.75) is 43.7 Å². The number of carbonyl (C=O) groups excluding carboxylic acids is 1. The third kappa shape index (κ3) is 2.79. The average molecular weight is 395 g/mol. The molecule has 144 valence electrons. The van der Waals surface area contributed by atoms with E-state index in [9.17, 15) is 9.59 Å². The van der Waals surface area contributed by atoms with Gasteiger partial charge in [-0.05, 0) is 59.2 Å². The fourth-order valence-electron chi connectivity index (χ4n) is 4.19. The lowest BCUT2D eigenvalue weighted by Crippen LogP contribution is -2.45. The minimum absolute atomic E-state index is 0.0140. The molecule has 0 unspecified atom stereocenters. The van der Waals surface area contributed by atoms with E-state index in [0.717, 1.165) is 42.8 Å². The molecule has 2 fully saturated rings. The van der Waals surface area contributed by atoms with Crippen molar-refractivity contribution < 1.29 is 4.79 Å². The van der Waals surface area contributed by atoms with Crippen molar-refractivity contribution >= 4 is 17.2 Å². The highest BCUT2D eigenvalue weighted by Crippen LogP contribution is 2.50. The van der Waals surface area contributed by atoms with E-state index in [1.807, 2.05) is 52.7 Å². The van der Waals surface area contributed by atoms with Gasteiger partial charge in [0.05, 0.1) is 18.0 Å². The highest BCUT2D eigenvalue weighted by Gasteiger charge is 2.54. The van der Waals surface area contributed by atoms with E-state index in [2.05, 4.69) is 10.4 Å². The first-order valence-electron chi connectivity index (χ1n) is 9.62. The van der Waals surface area contributed by atoms with Gasteiger partial charge in [0.2, 0.25) is 5.91 Å². The molecular formula is C20H21N5O2S. The van der Waals surface area contributed by atoms with E-state index in [1.54, 1.807) is 0 Å². The second-order valence-corrected chi connectivity index (χ2v) is 8.48. The molecule has 0 N–H and O–H groups in total. The van der Waals surface area contributed by atoms with Gasteiger partial charge < -0.3 is 4.90 Å². The van der Waals surface area contributed by atoms with Crippen LogP contribution in [0, 0.1) is 0 Å². The molecule has 0 radical (unpaired) electrons. The second kappa shape index (κ2) is 6.70. The maximum atomic E-state index is 13.4. The Labute approximate surface area is 166 Å². The molecule has 1 aliphatic carbocycles. The summed E-state index contributed by atoms with van der Waals surface area (Å²) in [4.78, 5) is 28.0. The van der Waals surface area contributed by atoms with Crippen molar-refractivity contribution in [1.82, 2.24) is 24.7 Å². The molecule has 1 aromatic carbocycles. The first kappa shape index (κ1) is 17.4. The zero-order valence-corrected chi connectivity index (χ0v) is 16.2. The summed E-state index contributed by atoms with van der Waals surface area (Å²) in [7, 11) is 0. The van der Waals surface area contributed by atoms with Gasteiger partial charge in [-0.15, -0.1) is 11.3 Å². The first-order valence-corrected chi connectivity index (χ1v) is 10.5. The number of tetrazole rings is 1. The van der Waals surface area contributed by atoms with Gasteiger partial charge in [-0.25, -0.2) is 4.79 Å². The molecule has 2 aliphatic rings. The van der Waals surface area contributed by atoms with E-state index in [0.29, 0.717) is 6.54 Å². The van der Waals surface area contributed by atoms with Crippen LogP contribution >= 0.6 is 11.3 Å². The Balaban J connectivity index is 1.37. The standard InChI is InChI=1S/C20H21N5O2S/c26-18(20(10-11-20)15-6-2-1-3-7-15)23-12-4-8-16(23)14-24-19(27)25(22-21-24)17-9-5-13-28-17/h1-3,5-7,9,13,16H,4,8,10-12,14H2/t16-/m1/s1. The van der Waals surface area contributed by atoms with Crippen molar-refractivity contribution in [1.29, 1.82) is 0 Å². The lowest BCUT2D eigenvalue weighted by atomic mass is 9.94. The Morgan fingerprint density at radius 2 is 1.96 bits per heavy atom. The number of likely N-dealkylation sites (tertiary alicyclic amines) is 1. The van der Waals surface area contributed by atoms with Crippen molar-refractivity contribution in [2.75, 3.05) is 6.54 Å². The number of amides is 1. The van der Waals surface area contributed by atoms with Crippen molar-refractivity contribution in [3.63, 3.8) is 0 Å². The zero-order valence-electron chi connectivity index (χ0n) is 15.4. The topological polar surface area (TPSA) is 73.0 Å². The Morgan fingerprint density at radius 3 is 2.68 bits per heavy atom. The highest BCUT2D eigenvalue weighted by atomic mass is 32.1. The van der Waals surface area contributed by atoms with Crippen molar-refractivity contribution in [3.8, 4) is 5.00 Å². The predicted molar refractivity (Wildman–Crippen MR) is 106 cm³/mol. The Hall–Kier alpha value is -2.74. The fraction of sp³-hybridized carbons (Fsp3) is 0.400. The van der Waals surface area contributed by atoms with Crippen LogP contribution in [0.15, 0.2) is 52.6 Å². The van der Waals surface area contributed by atoms with Crippen LogP contribution in [0.1, 0.15) is 31.2 Å². The van der Waals surface area contributed by atoms with Gasteiger partial charge in [-0.3, -0.25) is 4.79 Å². The zero-order chi connectivity index (χ0) is 19.1. The minimum atomic E-state index is -0.372. The molecule has 8 heteroatoms. The third-order valence-electron chi connectivity index (χ3n) is 5.86. The molecular weight excluding hydrogens is 374 g/mol. The van der Waals surface area contributed by atoms with Gasteiger partial charge in [0.25, 0.3) is 0 Å². The van der Waals surface area contributed by atoms with E-state index in [1.165, 1.54) is 20.7 Å². The van der Waals surface area contributed by atoms with Gasteiger partial charge in [-0.1, -0.05) is 30.3 Å². The van der Waals surface area contributed by atoms with Crippen LogP contribution in [0.25, 0.3) is 5.00 Å². The molecule has 3 heterocycles. The van der Waals surface area contributed by atoms with E-state index in [-0.39, 0.29) is 23.1 Å². The summed E-state index contributed by atoms with van der Waals surface area (Å²) in [5.41, 5.74) is 0.473. The molecule has 0 spiro atoms. The van der Waals surface area contributed by atoms with Gasteiger partial charge >= 0.3 is 5.69 Å². The molecule has 1 amide bonds. The maximum Gasteiger partial charge on any atom is 0.369 e. The molecule has 7 nitrogen and oxygen atoms in total. The summed E-state index contributed by atoms with van der Waals surface area (Å²) < 4.78 is 2.70. The number of hydrogen-bond donors (Lipinski definition) is 0. The lowest BCUT2D eigenvalue weighted by Gasteiger charge is -2.29. The number of rotatable bonds is 5. The van der Waals surface area contributed by atoms with Gasteiger partial charge in [-0.2, -0.15) is 9.36 Å². The number of hydrogen-bond acceptors (Lipinski definition) is 5. The maximum absolute atomic E-state index is 13.4. The normalized spacial score (nSPS) is 20.4. The van der Waals surface area contributed by atoms with E-state index < -0.39 is 0 Å². The fourth-order valence-corrected chi connectivity index (χ4v) is 4.86. The van der Waals surface area contributed by atoms with Crippen LogP contribution in [0.3, 0.4) is 0 Å². The molecule has 28 heavy (non-hydrogen) atoms. The third-order valence-corrected chi connectivity index (χ3v) is 6.71. The molecule has 1 saturated carbocycles. The molecule has 5 rings (SSSR count). The monoisotopic (exact) mass is 395 g/mol. The Morgan fingerprint density at radius 1 is 1.14 bits per heavy atom. The van der Waals surface area contributed by atoms with Gasteiger partial charge in [0.1, 0.15) is 5.00 Å². The average Bonchev–Trinajstić information content (AvgIpc) is 3.04. The molecule has 1 atom stereocenters. The van der Waals surface area contributed by atoms with Crippen LogP contribution in [0.5, 0.6) is 0 Å². The van der Waals surface area contributed by atoms with Crippen LogP contribution in [0.4, 0.5) is 0 Å². The number of carbonyl (C=O) groups is 1. The number of benzene rings is 1. The number of thiophene rings is 1. The summed E-state index contributed by atoms with van der Waals surface area (Å²) in [6.07, 6.45) is 3.63. The summed E-state index contributed by atoms with van der Waals surface area (Å²) in [6.45, 7) is 1.13. The van der Waals surface area contributed by atoms with Crippen LogP contribution in [-0.4, -0.2) is 43.2 Å². The molecule has 0 bridgehead atoms. The minimum Gasteiger partial charge on any atom is -0.337 e. The van der Waals surface area contributed by atoms with E-state index >= 15 is 0 Å². The highest BCUT2D eigenvalue weighted by molar-refractivity contribution is 7.12. The summed E-state index contributed by atoms with van der Waals surface area (Å²) in [6, 6.07) is 13.8. The van der Waals surface area contributed by atoms with Crippen LogP contribution in [0.2, 0.25) is 0 Å². The second-order valence-electron chi connectivity index (χ2n) is 7.55. The smallest absolute Gasteiger partial charge is 0.337 e. The van der Waals surface area contributed by atoms with E-state index in [4.69, 9.17) is 0 Å². The molecule has 3 aromatic rings. The quantitative estimate of drug-likeness (QED) is 0.664. The number of nitrogens with zero attached hydrogens (tertiary/aromatic N) is 5.